The van der Waals surface area contributed by atoms with E-state index in [-0.39, 0.29) is 32.0 Å². The largest absolute Gasteiger partial charge is 0.482 e. The summed E-state index contributed by atoms with van der Waals surface area (Å²) >= 11 is 0. The zero-order valence-corrected chi connectivity index (χ0v) is 22.3. The molecule has 0 saturated heterocycles. The van der Waals surface area contributed by atoms with Crippen LogP contribution in [0, 0.1) is 0 Å². The molecule has 4 rings (SSSR count). The van der Waals surface area contributed by atoms with E-state index in [1.54, 1.807) is 55.9 Å². The maximum Gasteiger partial charge on any atom is 0.344 e. The molecule has 4 aromatic rings. The second-order valence-corrected chi connectivity index (χ2v) is 11.5. The average molecular weight is 551 g/mol. The Labute approximate surface area is 230 Å². The highest BCUT2D eigenvalue weighted by atomic mass is 32.2. The van der Waals surface area contributed by atoms with Crippen molar-refractivity contribution in [1.29, 1.82) is 0 Å². The molecule has 0 bridgehead atoms. The lowest BCUT2D eigenvalue weighted by Crippen LogP contribution is -2.30. The normalized spacial score (nSPS) is 11.6. The summed E-state index contributed by atoms with van der Waals surface area (Å²) in [5, 5.41) is 4.23. The fraction of sp³-hybridized carbons (Fsp3) is 0.276. The number of ether oxygens (including phenoxy) is 2. The molecule has 206 valence electrons. The van der Waals surface area contributed by atoms with E-state index in [0.717, 1.165) is 11.3 Å². The second-order valence-electron chi connectivity index (χ2n) is 9.60. The number of sulfonamides is 1. The number of nitrogens with zero attached hydrogens (tertiary/aromatic N) is 4. The van der Waals surface area contributed by atoms with E-state index in [0.29, 0.717) is 11.3 Å². The summed E-state index contributed by atoms with van der Waals surface area (Å²) in [4.78, 5) is 16.1. The van der Waals surface area contributed by atoms with Crippen LogP contribution in [0.15, 0.2) is 96.4 Å². The van der Waals surface area contributed by atoms with Crippen molar-refractivity contribution < 1.29 is 22.7 Å². The lowest BCUT2D eigenvalue weighted by molar-refractivity contribution is -0.157. The highest BCUT2D eigenvalue weighted by Gasteiger charge is 2.25. The highest BCUT2D eigenvalue weighted by molar-refractivity contribution is 7.89. The van der Waals surface area contributed by atoms with Crippen LogP contribution in [0.5, 0.6) is 5.75 Å². The predicted molar refractivity (Wildman–Crippen MR) is 149 cm³/mol. The molecule has 0 atom stereocenters. The Morgan fingerprint density at radius 2 is 1.69 bits per heavy atom. The van der Waals surface area contributed by atoms with E-state index in [4.69, 9.17) is 9.47 Å². The number of aromatic nitrogens is 3. The molecular weight excluding hydrogens is 516 g/mol. The van der Waals surface area contributed by atoms with Crippen molar-refractivity contribution in [1.82, 2.24) is 19.1 Å². The molecule has 0 aliphatic rings. The topological polar surface area (TPSA) is 104 Å². The van der Waals surface area contributed by atoms with Gasteiger partial charge in [0.05, 0.1) is 5.69 Å². The second kappa shape index (κ2) is 12.7. The lowest BCUT2D eigenvalue weighted by atomic mass is 10.2. The van der Waals surface area contributed by atoms with Gasteiger partial charge in [-0.25, -0.2) is 17.9 Å². The minimum absolute atomic E-state index is 0. The molecule has 0 N–H and O–H groups in total. The Kier molecular flexibility index (Phi) is 9.61. The Bertz CT molecular complexity index is 1450. The number of hydrogen-bond donors (Lipinski definition) is 0. The van der Waals surface area contributed by atoms with Gasteiger partial charge in [-0.05, 0) is 74.4 Å². The lowest BCUT2D eigenvalue weighted by Gasteiger charge is -2.23. The molecule has 39 heavy (non-hydrogen) atoms. The number of rotatable bonds is 10. The predicted octanol–water partition coefficient (Wildman–Crippen LogP) is 5.02. The molecule has 0 spiro atoms. The van der Waals surface area contributed by atoms with Crippen LogP contribution >= 0.6 is 0 Å². The first-order chi connectivity index (χ1) is 18.1. The Balaban J connectivity index is 0.00000420. The van der Waals surface area contributed by atoms with Gasteiger partial charge >= 0.3 is 5.97 Å². The van der Waals surface area contributed by atoms with Gasteiger partial charge in [-0.2, -0.15) is 9.40 Å². The summed E-state index contributed by atoms with van der Waals surface area (Å²) in [6.07, 6.45) is 6.40. The first kappa shape index (κ1) is 29.5. The van der Waals surface area contributed by atoms with Gasteiger partial charge in [0, 0.05) is 37.9 Å². The summed E-state index contributed by atoms with van der Waals surface area (Å²) in [5.74, 6) is -0.0436. The van der Waals surface area contributed by atoms with Crippen LogP contribution in [-0.2, 0) is 32.6 Å². The van der Waals surface area contributed by atoms with Gasteiger partial charge in [-0.3, -0.25) is 4.98 Å². The van der Waals surface area contributed by atoms with Crippen LogP contribution in [-0.4, -0.2) is 45.7 Å². The van der Waals surface area contributed by atoms with Crippen LogP contribution in [0.2, 0.25) is 0 Å². The van der Waals surface area contributed by atoms with E-state index < -0.39 is 21.6 Å². The van der Waals surface area contributed by atoms with E-state index in [9.17, 15) is 13.2 Å². The van der Waals surface area contributed by atoms with Crippen LogP contribution in [0.25, 0.3) is 5.69 Å². The number of esters is 1. The molecule has 2 heterocycles. The zero-order chi connectivity index (χ0) is 27.2. The van der Waals surface area contributed by atoms with E-state index in [1.165, 1.54) is 22.8 Å². The number of pyridine rings is 1. The summed E-state index contributed by atoms with van der Waals surface area (Å²) in [5.41, 5.74) is 1.77. The maximum absolute atomic E-state index is 13.6. The Morgan fingerprint density at radius 3 is 2.33 bits per heavy atom. The fourth-order valence-electron chi connectivity index (χ4n) is 3.70. The van der Waals surface area contributed by atoms with Crippen molar-refractivity contribution in [3.05, 3.63) is 103 Å². The minimum atomic E-state index is -3.87. The van der Waals surface area contributed by atoms with Gasteiger partial charge in [-0.15, -0.1) is 0 Å². The van der Waals surface area contributed by atoms with E-state index in [2.05, 4.69) is 10.1 Å². The third kappa shape index (κ3) is 8.23. The molecule has 0 fully saturated rings. The standard InChI is InChI=1S/C28H30N4O5S.CH4/c1-28(2,3)37-27(33)21-36-25-8-4-7-23(17-25)20-31(38(34,35)26-9-5-14-29-18-26)19-22-10-12-24(13-11-22)32-16-6-15-30-32;/h4-18H,19-21H2,1-3H3;1H4. The smallest absolute Gasteiger partial charge is 0.344 e. The molecule has 0 radical (unpaired) electrons. The molecular formula is C29H34N4O5S. The van der Waals surface area contributed by atoms with Gasteiger partial charge in [0.25, 0.3) is 0 Å². The molecule has 0 saturated carbocycles. The first-order valence-electron chi connectivity index (χ1n) is 12.0. The number of benzene rings is 2. The maximum atomic E-state index is 13.6. The van der Waals surface area contributed by atoms with Crippen molar-refractivity contribution in [3.8, 4) is 11.4 Å². The highest BCUT2D eigenvalue weighted by Crippen LogP contribution is 2.23. The average Bonchev–Trinajstić information content (AvgIpc) is 3.42. The summed E-state index contributed by atoms with van der Waals surface area (Å²) in [6.45, 7) is 5.33. The molecule has 2 aromatic carbocycles. The summed E-state index contributed by atoms with van der Waals surface area (Å²) in [7, 11) is -3.87. The van der Waals surface area contributed by atoms with Gasteiger partial charge in [0.15, 0.2) is 6.61 Å². The Hall–Kier alpha value is -4.02. The van der Waals surface area contributed by atoms with E-state index >= 15 is 0 Å². The number of hydrogen-bond acceptors (Lipinski definition) is 7. The quantitative estimate of drug-likeness (QED) is 0.256. The van der Waals surface area contributed by atoms with Gasteiger partial charge in [0.2, 0.25) is 10.0 Å². The zero-order valence-electron chi connectivity index (χ0n) is 21.5. The summed E-state index contributed by atoms with van der Waals surface area (Å²) < 4.78 is 41.2. The molecule has 10 heteroatoms. The number of carbonyl (C=O) groups excluding carboxylic acids is 1. The molecule has 0 aliphatic heterocycles. The van der Waals surface area contributed by atoms with Gasteiger partial charge in [-0.1, -0.05) is 31.7 Å². The fourth-order valence-corrected chi connectivity index (χ4v) is 5.09. The molecule has 0 unspecified atom stereocenters. The van der Waals surface area contributed by atoms with Crippen molar-refractivity contribution in [2.24, 2.45) is 0 Å². The van der Waals surface area contributed by atoms with Crippen LogP contribution < -0.4 is 4.74 Å². The van der Waals surface area contributed by atoms with Crippen LogP contribution in [0.4, 0.5) is 0 Å². The van der Waals surface area contributed by atoms with E-state index in [1.807, 2.05) is 42.6 Å². The monoisotopic (exact) mass is 550 g/mol. The van der Waals surface area contributed by atoms with Crippen molar-refractivity contribution in [2.75, 3.05) is 6.61 Å². The minimum Gasteiger partial charge on any atom is -0.482 e. The first-order valence-corrected chi connectivity index (χ1v) is 13.5. The van der Waals surface area contributed by atoms with Crippen molar-refractivity contribution in [2.45, 2.75) is 51.8 Å². The Morgan fingerprint density at radius 1 is 0.949 bits per heavy atom. The van der Waals surface area contributed by atoms with Crippen LogP contribution in [0.3, 0.4) is 0 Å². The molecule has 2 aromatic heterocycles. The van der Waals surface area contributed by atoms with Crippen molar-refractivity contribution in [3.63, 3.8) is 0 Å². The summed E-state index contributed by atoms with van der Waals surface area (Å²) in [6, 6.07) is 19.5. The molecule has 0 aliphatic carbocycles. The number of carbonyl (C=O) groups is 1. The van der Waals surface area contributed by atoms with Crippen LogP contribution in [0.1, 0.15) is 39.3 Å². The molecule has 9 nitrogen and oxygen atoms in total. The van der Waals surface area contributed by atoms with Gasteiger partial charge < -0.3 is 9.47 Å². The molecule has 0 amide bonds. The third-order valence-corrected chi connectivity index (χ3v) is 7.15. The van der Waals surface area contributed by atoms with Gasteiger partial charge in [0.1, 0.15) is 16.2 Å². The van der Waals surface area contributed by atoms with Crippen molar-refractivity contribution >= 4 is 16.0 Å². The SMILES string of the molecule is C.CC(C)(C)OC(=O)COc1cccc(CN(Cc2ccc(-n3cccn3)cc2)S(=O)(=O)c2cccnc2)c1. The third-order valence-electron chi connectivity index (χ3n) is 5.37.